The van der Waals surface area contributed by atoms with Gasteiger partial charge in [-0.1, -0.05) is 44.4 Å². The summed E-state index contributed by atoms with van der Waals surface area (Å²) >= 11 is 0. The van der Waals surface area contributed by atoms with Gasteiger partial charge in [-0.3, -0.25) is 0 Å². The van der Waals surface area contributed by atoms with Crippen molar-refractivity contribution in [3.8, 4) is 12.3 Å². The number of aliphatic hydroxyl groups excluding tert-OH is 1. The van der Waals surface area contributed by atoms with Crippen LogP contribution in [0.1, 0.15) is 42.9 Å². The lowest BCUT2D eigenvalue weighted by Gasteiger charge is -2.14. The Balaban J connectivity index is 3.17. The number of hydrogen-bond acceptors (Lipinski definition) is 1. The van der Waals surface area contributed by atoms with Crippen molar-refractivity contribution in [2.75, 3.05) is 6.61 Å². The van der Waals surface area contributed by atoms with Gasteiger partial charge in [-0.25, -0.2) is 0 Å². The minimum absolute atomic E-state index is 0.118. The van der Waals surface area contributed by atoms with Gasteiger partial charge in [-0.2, -0.15) is 0 Å². The summed E-state index contributed by atoms with van der Waals surface area (Å²) in [6, 6.07) is 6.11. The summed E-state index contributed by atoms with van der Waals surface area (Å²) in [5.74, 6) is 2.87. The van der Waals surface area contributed by atoms with E-state index in [1.165, 1.54) is 5.56 Å². The zero-order valence-corrected chi connectivity index (χ0v) is 9.46. The molecular formula is C14H18O. The molecule has 1 rings (SSSR count). The Hall–Kier alpha value is -1.26. The first kappa shape index (κ1) is 11.8. The third-order valence-corrected chi connectivity index (χ3v) is 2.65. The lowest BCUT2D eigenvalue weighted by Crippen LogP contribution is -2.04. The largest absolute Gasteiger partial charge is 0.396 e. The number of aryl methyl sites for hydroxylation is 1. The maximum absolute atomic E-state index is 9.16. The van der Waals surface area contributed by atoms with E-state index in [1.54, 1.807) is 0 Å². The van der Waals surface area contributed by atoms with Crippen LogP contribution in [0.3, 0.4) is 0 Å². The summed E-state index contributed by atoms with van der Waals surface area (Å²) in [4.78, 5) is 0. The molecule has 1 nitrogen and oxygen atoms in total. The summed E-state index contributed by atoms with van der Waals surface area (Å²) in [5, 5.41) is 9.16. The molecule has 80 valence electrons. The molecule has 0 saturated heterocycles. The topological polar surface area (TPSA) is 20.2 Å². The third kappa shape index (κ3) is 2.61. The Labute approximate surface area is 92.1 Å². The number of aliphatic hydroxyl groups is 1. The second-order valence-electron chi connectivity index (χ2n) is 3.86. The number of hydrogen-bond donors (Lipinski definition) is 1. The molecule has 0 saturated carbocycles. The highest BCUT2D eigenvalue weighted by Crippen LogP contribution is 2.22. The molecule has 0 aliphatic carbocycles. The zero-order valence-electron chi connectivity index (χ0n) is 9.46. The van der Waals surface area contributed by atoms with Gasteiger partial charge in [-0.15, -0.1) is 6.42 Å². The maximum atomic E-state index is 9.16. The molecule has 1 aromatic rings. The van der Waals surface area contributed by atoms with Crippen molar-refractivity contribution in [3.05, 3.63) is 34.9 Å². The van der Waals surface area contributed by atoms with Crippen LogP contribution in [0.4, 0.5) is 0 Å². The van der Waals surface area contributed by atoms with Gasteiger partial charge >= 0.3 is 0 Å². The van der Waals surface area contributed by atoms with Crippen LogP contribution in [0.25, 0.3) is 0 Å². The minimum atomic E-state index is 0.118. The van der Waals surface area contributed by atoms with Crippen molar-refractivity contribution in [1.82, 2.24) is 0 Å². The Morgan fingerprint density at radius 3 is 2.73 bits per heavy atom. The highest BCUT2D eigenvalue weighted by Gasteiger charge is 2.11. The van der Waals surface area contributed by atoms with Crippen LogP contribution in [0.5, 0.6) is 0 Å². The van der Waals surface area contributed by atoms with Crippen molar-refractivity contribution in [3.63, 3.8) is 0 Å². The molecule has 0 aromatic heterocycles. The molecule has 0 heterocycles. The molecule has 0 aliphatic rings. The van der Waals surface area contributed by atoms with Gasteiger partial charge in [-0.05, 0) is 17.5 Å². The summed E-state index contributed by atoms with van der Waals surface area (Å²) in [7, 11) is 0. The van der Waals surface area contributed by atoms with Gasteiger partial charge in [0.2, 0.25) is 0 Å². The van der Waals surface area contributed by atoms with Crippen molar-refractivity contribution in [2.24, 2.45) is 0 Å². The van der Waals surface area contributed by atoms with E-state index in [9.17, 15) is 0 Å². The van der Waals surface area contributed by atoms with E-state index in [2.05, 4.69) is 18.9 Å². The highest BCUT2D eigenvalue weighted by atomic mass is 16.3. The fourth-order valence-electron chi connectivity index (χ4n) is 1.78. The van der Waals surface area contributed by atoms with Crippen LogP contribution in [0.2, 0.25) is 0 Å². The summed E-state index contributed by atoms with van der Waals surface area (Å²) in [6.45, 7) is 4.28. The van der Waals surface area contributed by atoms with Crippen LogP contribution in [0, 0.1) is 12.3 Å². The first-order valence-electron chi connectivity index (χ1n) is 5.43. The summed E-state index contributed by atoms with van der Waals surface area (Å²) in [6.07, 6.45) is 7.64. The van der Waals surface area contributed by atoms with Gasteiger partial charge in [0.25, 0.3) is 0 Å². The van der Waals surface area contributed by atoms with Crippen molar-refractivity contribution >= 4 is 0 Å². The summed E-state index contributed by atoms with van der Waals surface area (Å²) in [5.41, 5.74) is 3.28. The van der Waals surface area contributed by atoms with E-state index >= 15 is 0 Å². The molecule has 0 fully saturated rings. The second kappa shape index (κ2) is 5.58. The molecule has 1 unspecified atom stereocenters. The normalized spacial score (nSPS) is 12.1. The molecule has 1 N–H and O–H groups in total. The molecular weight excluding hydrogens is 184 g/mol. The summed E-state index contributed by atoms with van der Waals surface area (Å²) < 4.78 is 0. The molecule has 15 heavy (non-hydrogen) atoms. The molecule has 0 aliphatic heterocycles. The fraction of sp³-hybridized carbons (Fsp3) is 0.429. The maximum Gasteiger partial charge on any atom is 0.0497 e. The molecule has 0 radical (unpaired) electrons. The quantitative estimate of drug-likeness (QED) is 0.744. The standard InChI is InChI=1S/C14H18O/c1-4-7-12-8-6-9-14(11(3)10-15)13(12)5-2/h2,6,8-9,11,15H,4,7,10H2,1,3H3. The predicted octanol–water partition coefficient (Wildman–Crippen LogP) is 2.72. The van der Waals surface area contributed by atoms with Crippen LogP contribution in [-0.4, -0.2) is 11.7 Å². The van der Waals surface area contributed by atoms with E-state index in [4.69, 9.17) is 11.5 Å². The SMILES string of the molecule is C#Cc1c(CCC)cccc1C(C)CO. The minimum Gasteiger partial charge on any atom is -0.396 e. The van der Waals surface area contributed by atoms with Gasteiger partial charge in [0.15, 0.2) is 0 Å². The molecule has 0 bridgehead atoms. The van der Waals surface area contributed by atoms with E-state index in [0.717, 1.165) is 24.0 Å². The highest BCUT2D eigenvalue weighted by molar-refractivity contribution is 5.47. The zero-order chi connectivity index (χ0) is 11.3. The van der Waals surface area contributed by atoms with Crippen LogP contribution < -0.4 is 0 Å². The second-order valence-corrected chi connectivity index (χ2v) is 3.86. The van der Waals surface area contributed by atoms with Crippen molar-refractivity contribution in [2.45, 2.75) is 32.6 Å². The first-order chi connectivity index (χ1) is 7.24. The lowest BCUT2D eigenvalue weighted by atomic mass is 9.91. The number of rotatable bonds is 4. The molecule has 1 aromatic carbocycles. The average Bonchev–Trinajstić information content (AvgIpc) is 2.28. The Kier molecular flexibility index (Phi) is 4.39. The third-order valence-electron chi connectivity index (χ3n) is 2.65. The fourth-order valence-corrected chi connectivity index (χ4v) is 1.78. The Morgan fingerprint density at radius 1 is 1.47 bits per heavy atom. The predicted molar refractivity (Wildman–Crippen MR) is 63.9 cm³/mol. The van der Waals surface area contributed by atoms with E-state index in [0.29, 0.717) is 0 Å². The van der Waals surface area contributed by atoms with E-state index in [-0.39, 0.29) is 12.5 Å². The Morgan fingerprint density at radius 2 is 2.20 bits per heavy atom. The van der Waals surface area contributed by atoms with E-state index < -0.39 is 0 Å². The molecule has 1 heteroatoms. The lowest BCUT2D eigenvalue weighted by molar-refractivity contribution is 0.273. The van der Waals surface area contributed by atoms with Crippen LogP contribution in [0.15, 0.2) is 18.2 Å². The number of terminal acetylenes is 1. The van der Waals surface area contributed by atoms with Crippen molar-refractivity contribution in [1.29, 1.82) is 0 Å². The van der Waals surface area contributed by atoms with Crippen molar-refractivity contribution < 1.29 is 5.11 Å². The van der Waals surface area contributed by atoms with Gasteiger partial charge in [0.05, 0.1) is 0 Å². The van der Waals surface area contributed by atoms with Gasteiger partial charge in [0, 0.05) is 18.1 Å². The van der Waals surface area contributed by atoms with Crippen LogP contribution in [-0.2, 0) is 6.42 Å². The average molecular weight is 202 g/mol. The van der Waals surface area contributed by atoms with Crippen LogP contribution >= 0.6 is 0 Å². The monoisotopic (exact) mass is 202 g/mol. The Bertz CT molecular complexity index is 360. The van der Waals surface area contributed by atoms with Gasteiger partial charge in [0.1, 0.15) is 0 Å². The molecule has 1 atom stereocenters. The molecule has 0 amide bonds. The first-order valence-corrected chi connectivity index (χ1v) is 5.43. The smallest absolute Gasteiger partial charge is 0.0497 e. The van der Waals surface area contributed by atoms with Gasteiger partial charge < -0.3 is 5.11 Å². The number of benzene rings is 1. The van der Waals surface area contributed by atoms with E-state index in [1.807, 2.05) is 19.1 Å². The molecule has 0 spiro atoms.